The molecule has 0 rings (SSSR count). The molecule has 0 amide bonds. The number of carbonyl (C=O) groups excluding carboxylic acids is 1. The zero-order chi connectivity index (χ0) is 10.8. The molecule has 0 aliphatic heterocycles. The molecule has 0 spiro atoms. The van der Waals surface area contributed by atoms with Crippen molar-refractivity contribution in [2.24, 2.45) is 0 Å². The van der Waals surface area contributed by atoms with Gasteiger partial charge in [-0.2, -0.15) is 25.3 Å². The first-order chi connectivity index (χ1) is 6.66. The zero-order valence-electron chi connectivity index (χ0n) is 8.19. The van der Waals surface area contributed by atoms with Gasteiger partial charge >= 0.3 is 5.97 Å². The minimum absolute atomic E-state index is 0.237. The van der Waals surface area contributed by atoms with E-state index >= 15 is 0 Å². The molecule has 0 atom stereocenters. The number of hydrogen-bond donors (Lipinski definition) is 3. The second-order valence-electron chi connectivity index (χ2n) is 3.04. The van der Waals surface area contributed by atoms with Gasteiger partial charge in [0.15, 0.2) is 0 Å². The van der Waals surface area contributed by atoms with Gasteiger partial charge < -0.3 is 9.84 Å². The van der Waals surface area contributed by atoms with Crippen LogP contribution in [0.5, 0.6) is 0 Å². The number of aliphatic hydroxyl groups excluding tert-OH is 1. The van der Waals surface area contributed by atoms with Gasteiger partial charge in [0.25, 0.3) is 0 Å². The average molecular weight is 238 g/mol. The summed E-state index contributed by atoms with van der Waals surface area (Å²) >= 11 is 7.93. The van der Waals surface area contributed by atoms with Gasteiger partial charge in [0.2, 0.25) is 0 Å². The van der Waals surface area contributed by atoms with Gasteiger partial charge in [0, 0.05) is 6.61 Å². The summed E-state index contributed by atoms with van der Waals surface area (Å²) in [5, 5.41) is 8.51. The van der Waals surface area contributed by atoms with Crippen molar-refractivity contribution in [2.45, 2.75) is 36.7 Å². The van der Waals surface area contributed by atoms with Gasteiger partial charge in [0.05, 0.1) is 17.6 Å². The highest BCUT2D eigenvalue weighted by atomic mass is 32.2. The SMILES string of the molecule is O=C(CC(S)S)OCCCCCCO. The van der Waals surface area contributed by atoms with E-state index in [1.54, 1.807) is 0 Å². The highest BCUT2D eigenvalue weighted by Crippen LogP contribution is 2.07. The fourth-order valence-electron chi connectivity index (χ4n) is 0.961. The molecule has 1 N–H and O–H groups in total. The third kappa shape index (κ3) is 10.2. The van der Waals surface area contributed by atoms with Crippen molar-refractivity contribution in [2.75, 3.05) is 13.2 Å². The smallest absolute Gasteiger partial charge is 0.307 e. The molecular formula is C9H18O3S2. The average Bonchev–Trinajstić information content (AvgIpc) is 2.10. The molecule has 0 radical (unpaired) electrons. The second kappa shape index (κ2) is 9.68. The molecule has 0 aromatic carbocycles. The molecule has 0 unspecified atom stereocenters. The maximum Gasteiger partial charge on any atom is 0.307 e. The largest absolute Gasteiger partial charge is 0.466 e. The topological polar surface area (TPSA) is 46.5 Å². The van der Waals surface area contributed by atoms with Gasteiger partial charge in [-0.3, -0.25) is 4.79 Å². The highest BCUT2D eigenvalue weighted by molar-refractivity contribution is 7.99. The number of carbonyl (C=O) groups is 1. The minimum atomic E-state index is -0.248. The van der Waals surface area contributed by atoms with Gasteiger partial charge in [0.1, 0.15) is 0 Å². The van der Waals surface area contributed by atoms with Gasteiger partial charge in [-0.05, 0) is 19.3 Å². The fourth-order valence-corrected chi connectivity index (χ4v) is 1.26. The lowest BCUT2D eigenvalue weighted by Gasteiger charge is -2.05. The van der Waals surface area contributed by atoms with E-state index in [-0.39, 0.29) is 23.6 Å². The number of rotatable bonds is 8. The van der Waals surface area contributed by atoms with Crippen molar-refractivity contribution in [3.05, 3.63) is 0 Å². The Labute approximate surface area is 96.0 Å². The first-order valence-corrected chi connectivity index (χ1v) is 5.82. The molecule has 0 aromatic rings. The fraction of sp³-hybridized carbons (Fsp3) is 0.889. The number of aliphatic hydroxyl groups is 1. The van der Waals surface area contributed by atoms with E-state index in [4.69, 9.17) is 9.84 Å². The minimum Gasteiger partial charge on any atom is -0.466 e. The predicted octanol–water partition coefficient (Wildman–Crippen LogP) is 1.66. The Morgan fingerprint density at radius 3 is 2.43 bits per heavy atom. The third-order valence-electron chi connectivity index (χ3n) is 1.66. The van der Waals surface area contributed by atoms with E-state index in [1.165, 1.54) is 0 Å². The summed E-state index contributed by atoms with van der Waals surface area (Å²) in [6.07, 6.45) is 3.89. The van der Waals surface area contributed by atoms with Crippen molar-refractivity contribution in [3.63, 3.8) is 0 Å². The molecule has 0 aromatic heterocycles. The Bertz CT molecular complexity index is 151. The standard InChI is InChI=1S/C9H18O3S2/c10-5-3-1-2-4-6-12-8(11)7-9(13)14/h9-10,13-14H,1-7H2. The molecule has 0 bridgehead atoms. The number of unbranched alkanes of at least 4 members (excludes halogenated alkanes) is 3. The van der Waals surface area contributed by atoms with Crippen LogP contribution in [-0.2, 0) is 9.53 Å². The molecule has 0 aliphatic carbocycles. The normalized spacial score (nSPS) is 10.6. The van der Waals surface area contributed by atoms with Crippen LogP contribution in [0.2, 0.25) is 0 Å². The lowest BCUT2D eigenvalue weighted by molar-refractivity contribution is -0.143. The molecule has 0 fully saturated rings. The predicted molar refractivity (Wildman–Crippen MR) is 62.9 cm³/mol. The molecule has 14 heavy (non-hydrogen) atoms. The van der Waals surface area contributed by atoms with Crippen LogP contribution in [0.3, 0.4) is 0 Å². The summed E-state index contributed by atoms with van der Waals surface area (Å²) in [5.74, 6) is -0.248. The summed E-state index contributed by atoms with van der Waals surface area (Å²) in [4.78, 5) is 11.0. The van der Waals surface area contributed by atoms with Crippen molar-refractivity contribution < 1.29 is 14.6 Å². The van der Waals surface area contributed by atoms with Crippen molar-refractivity contribution in [1.82, 2.24) is 0 Å². The van der Waals surface area contributed by atoms with E-state index in [1.807, 2.05) is 0 Å². The van der Waals surface area contributed by atoms with E-state index < -0.39 is 0 Å². The number of esters is 1. The summed E-state index contributed by atoms with van der Waals surface area (Å²) in [6, 6.07) is 0. The van der Waals surface area contributed by atoms with Crippen molar-refractivity contribution in [3.8, 4) is 0 Å². The molecule has 0 aliphatic rings. The number of hydrogen-bond acceptors (Lipinski definition) is 5. The van der Waals surface area contributed by atoms with Gasteiger partial charge in [-0.1, -0.05) is 6.42 Å². The highest BCUT2D eigenvalue weighted by Gasteiger charge is 2.06. The zero-order valence-corrected chi connectivity index (χ0v) is 9.97. The summed E-state index contributed by atoms with van der Waals surface area (Å²) < 4.78 is 4.69. The van der Waals surface area contributed by atoms with Crippen LogP contribution in [0.15, 0.2) is 0 Å². The maximum atomic E-state index is 11.0. The van der Waals surface area contributed by atoms with E-state index in [0.717, 1.165) is 25.7 Å². The van der Waals surface area contributed by atoms with E-state index in [2.05, 4.69) is 25.3 Å². The maximum absolute atomic E-state index is 11.0. The summed E-state index contributed by atoms with van der Waals surface area (Å²) in [7, 11) is 0. The van der Waals surface area contributed by atoms with Crippen LogP contribution in [-0.4, -0.2) is 28.9 Å². The Balaban J connectivity index is 3.15. The van der Waals surface area contributed by atoms with Gasteiger partial charge in [-0.15, -0.1) is 0 Å². The molecular weight excluding hydrogens is 220 g/mol. The van der Waals surface area contributed by atoms with Crippen LogP contribution >= 0.6 is 25.3 Å². The van der Waals surface area contributed by atoms with E-state index in [0.29, 0.717) is 6.61 Å². The number of thiol groups is 2. The van der Waals surface area contributed by atoms with Crippen LogP contribution in [0.4, 0.5) is 0 Å². The summed E-state index contributed by atoms with van der Waals surface area (Å²) in [6.45, 7) is 0.694. The monoisotopic (exact) mass is 238 g/mol. The molecule has 5 heteroatoms. The van der Waals surface area contributed by atoms with Crippen LogP contribution < -0.4 is 0 Å². The first-order valence-electron chi connectivity index (χ1n) is 4.79. The Morgan fingerprint density at radius 2 is 1.86 bits per heavy atom. The molecule has 84 valence electrons. The molecule has 0 saturated heterocycles. The van der Waals surface area contributed by atoms with Crippen LogP contribution in [0, 0.1) is 0 Å². The van der Waals surface area contributed by atoms with Crippen molar-refractivity contribution >= 4 is 31.2 Å². The Morgan fingerprint density at radius 1 is 1.21 bits per heavy atom. The van der Waals surface area contributed by atoms with Gasteiger partial charge in [-0.25, -0.2) is 0 Å². The summed E-state index contributed by atoms with van der Waals surface area (Å²) in [5.41, 5.74) is 0. The van der Waals surface area contributed by atoms with E-state index in [9.17, 15) is 4.79 Å². The second-order valence-corrected chi connectivity index (χ2v) is 4.70. The van der Waals surface area contributed by atoms with Crippen LogP contribution in [0.1, 0.15) is 32.1 Å². The molecule has 0 saturated carbocycles. The van der Waals surface area contributed by atoms with Crippen molar-refractivity contribution in [1.29, 1.82) is 0 Å². The lowest BCUT2D eigenvalue weighted by Crippen LogP contribution is -2.09. The Kier molecular flexibility index (Phi) is 9.77. The first kappa shape index (κ1) is 14.1. The Hall–Kier alpha value is 0.130. The quantitative estimate of drug-likeness (QED) is 0.261. The third-order valence-corrected chi connectivity index (χ3v) is 2.03. The molecule has 3 nitrogen and oxygen atoms in total. The lowest BCUT2D eigenvalue weighted by atomic mass is 10.2. The van der Waals surface area contributed by atoms with Crippen LogP contribution in [0.25, 0.3) is 0 Å². The molecule has 0 heterocycles. The number of ether oxygens (including phenoxy) is 1.